The van der Waals surface area contributed by atoms with Gasteiger partial charge in [-0.2, -0.15) is 0 Å². The monoisotopic (exact) mass is 217 g/mol. The third-order valence-corrected chi connectivity index (χ3v) is 2.54. The van der Waals surface area contributed by atoms with E-state index >= 15 is 0 Å². The summed E-state index contributed by atoms with van der Waals surface area (Å²) in [7, 11) is 0. The highest BCUT2D eigenvalue weighted by Gasteiger charge is 2.03. The molecule has 1 aromatic rings. The van der Waals surface area contributed by atoms with E-state index in [9.17, 15) is 0 Å². The molecular formula is C14H19NO. The second kappa shape index (κ2) is 6.92. The molecule has 0 saturated carbocycles. The lowest BCUT2D eigenvalue weighted by Gasteiger charge is -2.14. The van der Waals surface area contributed by atoms with Crippen LogP contribution in [-0.2, 0) is 6.54 Å². The average molecular weight is 217 g/mol. The minimum atomic E-state index is 0.320. The van der Waals surface area contributed by atoms with Crippen molar-refractivity contribution in [1.82, 2.24) is 5.32 Å². The van der Waals surface area contributed by atoms with Gasteiger partial charge in [-0.15, -0.1) is 6.42 Å². The lowest BCUT2D eigenvalue weighted by Crippen LogP contribution is -2.24. The first kappa shape index (κ1) is 12.6. The standard InChI is InChI=1S/C14H19NO/c1-4-10-16-14-9-7-6-8-13(14)11-15-12(3)5-2/h1,6-9,12,15H,5,10-11H2,2-3H3/t12-/m1/s1. The van der Waals surface area contributed by atoms with E-state index in [0.717, 1.165) is 24.3 Å². The van der Waals surface area contributed by atoms with E-state index in [0.29, 0.717) is 12.6 Å². The van der Waals surface area contributed by atoms with Crippen molar-refractivity contribution in [3.8, 4) is 18.1 Å². The number of hydrogen-bond donors (Lipinski definition) is 1. The van der Waals surface area contributed by atoms with Crippen LogP contribution >= 0.6 is 0 Å². The van der Waals surface area contributed by atoms with E-state index < -0.39 is 0 Å². The van der Waals surface area contributed by atoms with Gasteiger partial charge in [-0.3, -0.25) is 0 Å². The van der Waals surface area contributed by atoms with Crippen molar-refractivity contribution in [1.29, 1.82) is 0 Å². The van der Waals surface area contributed by atoms with Gasteiger partial charge in [0.25, 0.3) is 0 Å². The van der Waals surface area contributed by atoms with Gasteiger partial charge < -0.3 is 10.1 Å². The molecule has 1 aromatic carbocycles. The molecule has 0 bridgehead atoms. The van der Waals surface area contributed by atoms with Crippen LogP contribution in [0.3, 0.4) is 0 Å². The third-order valence-electron chi connectivity index (χ3n) is 2.54. The van der Waals surface area contributed by atoms with Crippen LogP contribution in [0.5, 0.6) is 5.75 Å². The van der Waals surface area contributed by atoms with Crippen molar-refractivity contribution < 1.29 is 4.74 Å². The number of rotatable bonds is 6. The van der Waals surface area contributed by atoms with Crippen molar-refractivity contribution in [2.24, 2.45) is 0 Å². The molecule has 2 nitrogen and oxygen atoms in total. The minimum absolute atomic E-state index is 0.320. The second-order valence-corrected chi connectivity index (χ2v) is 3.79. The number of benzene rings is 1. The zero-order valence-electron chi connectivity index (χ0n) is 9.99. The Balaban J connectivity index is 2.60. The van der Waals surface area contributed by atoms with E-state index in [-0.39, 0.29) is 0 Å². The largest absolute Gasteiger partial charge is 0.481 e. The lowest BCUT2D eigenvalue weighted by molar-refractivity contribution is 0.363. The zero-order chi connectivity index (χ0) is 11.8. The molecule has 0 aliphatic carbocycles. The Labute approximate surface area is 98.0 Å². The molecule has 0 fully saturated rings. The van der Waals surface area contributed by atoms with Gasteiger partial charge in [0.15, 0.2) is 0 Å². The first-order valence-electron chi connectivity index (χ1n) is 5.65. The fourth-order valence-corrected chi connectivity index (χ4v) is 1.34. The molecule has 0 spiro atoms. The summed E-state index contributed by atoms with van der Waals surface area (Å²) in [6, 6.07) is 8.49. The van der Waals surface area contributed by atoms with Gasteiger partial charge in [-0.05, 0) is 19.4 Å². The Hall–Kier alpha value is -1.46. The normalized spacial score (nSPS) is 11.8. The van der Waals surface area contributed by atoms with Crippen LogP contribution in [-0.4, -0.2) is 12.6 Å². The summed E-state index contributed by atoms with van der Waals surface area (Å²) in [6.07, 6.45) is 6.30. The van der Waals surface area contributed by atoms with Crippen LogP contribution in [0.2, 0.25) is 0 Å². The fraction of sp³-hybridized carbons (Fsp3) is 0.429. The first-order valence-corrected chi connectivity index (χ1v) is 5.65. The molecule has 86 valence electrons. The minimum Gasteiger partial charge on any atom is -0.481 e. The van der Waals surface area contributed by atoms with Crippen molar-refractivity contribution >= 4 is 0 Å². The highest BCUT2D eigenvalue weighted by atomic mass is 16.5. The molecule has 0 unspecified atom stereocenters. The van der Waals surface area contributed by atoms with Crippen molar-refractivity contribution in [2.45, 2.75) is 32.9 Å². The maximum absolute atomic E-state index is 5.48. The van der Waals surface area contributed by atoms with Crippen LogP contribution in [0.1, 0.15) is 25.8 Å². The van der Waals surface area contributed by atoms with Gasteiger partial charge in [-0.25, -0.2) is 0 Å². The summed E-state index contributed by atoms with van der Waals surface area (Å²) in [5, 5.41) is 3.43. The van der Waals surface area contributed by atoms with Gasteiger partial charge >= 0.3 is 0 Å². The SMILES string of the molecule is C#CCOc1ccccc1CN[C@H](C)CC. The van der Waals surface area contributed by atoms with Gasteiger partial charge in [0.05, 0.1) is 0 Å². The number of nitrogens with one attached hydrogen (secondary N) is 1. The van der Waals surface area contributed by atoms with Crippen LogP contribution in [0.4, 0.5) is 0 Å². The molecule has 1 rings (SSSR count). The van der Waals surface area contributed by atoms with Crippen LogP contribution in [0.25, 0.3) is 0 Å². The van der Waals surface area contributed by atoms with Crippen molar-refractivity contribution in [3.63, 3.8) is 0 Å². The molecule has 0 aliphatic heterocycles. The van der Waals surface area contributed by atoms with Crippen LogP contribution < -0.4 is 10.1 Å². The molecule has 1 atom stereocenters. The fourth-order valence-electron chi connectivity index (χ4n) is 1.34. The topological polar surface area (TPSA) is 21.3 Å². The Morgan fingerprint density at radius 1 is 1.44 bits per heavy atom. The number of ether oxygens (including phenoxy) is 1. The smallest absolute Gasteiger partial charge is 0.148 e. The Kier molecular flexibility index (Phi) is 5.45. The zero-order valence-corrected chi connectivity index (χ0v) is 9.99. The van der Waals surface area contributed by atoms with Gasteiger partial charge in [0.2, 0.25) is 0 Å². The predicted molar refractivity (Wildman–Crippen MR) is 67.4 cm³/mol. The Bertz CT molecular complexity index is 354. The Morgan fingerprint density at radius 2 is 2.19 bits per heavy atom. The molecule has 0 aliphatic rings. The van der Waals surface area contributed by atoms with Gasteiger partial charge in [0.1, 0.15) is 12.4 Å². The molecule has 2 heteroatoms. The lowest BCUT2D eigenvalue weighted by atomic mass is 10.2. The maximum Gasteiger partial charge on any atom is 0.148 e. The van der Waals surface area contributed by atoms with E-state index in [1.165, 1.54) is 0 Å². The summed E-state index contributed by atoms with van der Waals surface area (Å²) in [6.45, 7) is 5.47. The van der Waals surface area contributed by atoms with E-state index in [2.05, 4.69) is 31.2 Å². The highest BCUT2D eigenvalue weighted by molar-refractivity contribution is 5.33. The summed E-state index contributed by atoms with van der Waals surface area (Å²) in [5.41, 5.74) is 1.15. The van der Waals surface area contributed by atoms with Crippen LogP contribution in [0, 0.1) is 12.3 Å². The summed E-state index contributed by atoms with van der Waals surface area (Å²) < 4.78 is 5.48. The molecule has 0 amide bonds. The van der Waals surface area contributed by atoms with Gasteiger partial charge in [-0.1, -0.05) is 31.0 Å². The van der Waals surface area contributed by atoms with E-state index in [4.69, 9.17) is 11.2 Å². The average Bonchev–Trinajstić information content (AvgIpc) is 2.34. The Morgan fingerprint density at radius 3 is 2.88 bits per heavy atom. The molecule has 0 radical (unpaired) electrons. The summed E-state index contributed by atoms with van der Waals surface area (Å²) in [4.78, 5) is 0. The molecule has 0 saturated heterocycles. The quantitative estimate of drug-likeness (QED) is 0.739. The first-order chi connectivity index (χ1) is 7.77. The van der Waals surface area contributed by atoms with Crippen LogP contribution in [0.15, 0.2) is 24.3 Å². The second-order valence-electron chi connectivity index (χ2n) is 3.79. The maximum atomic E-state index is 5.48. The number of terminal acetylenes is 1. The molecule has 1 N–H and O–H groups in total. The highest BCUT2D eigenvalue weighted by Crippen LogP contribution is 2.17. The summed E-state index contributed by atoms with van der Waals surface area (Å²) in [5.74, 6) is 3.35. The molecule has 16 heavy (non-hydrogen) atoms. The van der Waals surface area contributed by atoms with Crippen molar-refractivity contribution in [3.05, 3.63) is 29.8 Å². The molecular weight excluding hydrogens is 198 g/mol. The molecule has 0 aromatic heterocycles. The summed E-state index contributed by atoms with van der Waals surface area (Å²) >= 11 is 0. The van der Waals surface area contributed by atoms with Gasteiger partial charge in [0, 0.05) is 18.2 Å². The van der Waals surface area contributed by atoms with E-state index in [1.807, 2.05) is 18.2 Å². The predicted octanol–water partition coefficient (Wildman–Crippen LogP) is 2.59. The number of hydrogen-bond acceptors (Lipinski definition) is 2. The van der Waals surface area contributed by atoms with E-state index in [1.54, 1.807) is 0 Å². The third kappa shape index (κ3) is 3.96. The molecule has 0 heterocycles. The number of para-hydroxylation sites is 1. The van der Waals surface area contributed by atoms with Crippen molar-refractivity contribution in [2.75, 3.05) is 6.61 Å².